The second-order valence-corrected chi connectivity index (χ2v) is 5.11. The van der Waals surface area contributed by atoms with Crippen LogP contribution in [0, 0.1) is 0 Å². The van der Waals surface area contributed by atoms with Gasteiger partial charge in [-0.15, -0.1) is 0 Å². The molecule has 3 nitrogen and oxygen atoms in total. The first-order valence-corrected chi connectivity index (χ1v) is 6.50. The number of nitrogens with zero attached hydrogens (tertiary/aromatic N) is 2. The number of hydrogen-bond donors (Lipinski definition) is 1. The van der Waals surface area contributed by atoms with E-state index < -0.39 is 0 Å². The van der Waals surface area contributed by atoms with Gasteiger partial charge < -0.3 is 9.88 Å². The highest BCUT2D eigenvalue weighted by Crippen LogP contribution is 2.21. The lowest BCUT2D eigenvalue weighted by Gasteiger charge is -2.18. The van der Waals surface area contributed by atoms with Crippen molar-refractivity contribution in [3.05, 3.63) is 47.2 Å². The summed E-state index contributed by atoms with van der Waals surface area (Å²) < 4.78 is 2.12. The Kier molecular flexibility index (Phi) is 3.92. The van der Waals surface area contributed by atoms with E-state index in [1.807, 2.05) is 36.7 Å². The van der Waals surface area contributed by atoms with Gasteiger partial charge in [0.2, 0.25) is 5.95 Å². The molecule has 4 heteroatoms. The Bertz CT molecular complexity index is 502. The molecule has 0 aliphatic heterocycles. The van der Waals surface area contributed by atoms with Crippen LogP contribution in [0.25, 0.3) is 0 Å². The minimum Gasteiger partial charge on any atom is -0.349 e. The highest BCUT2D eigenvalue weighted by Gasteiger charge is 2.10. The molecule has 1 atom stereocenters. The van der Waals surface area contributed by atoms with E-state index in [1.54, 1.807) is 0 Å². The summed E-state index contributed by atoms with van der Waals surface area (Å²) in [7, 11) is 0. The minimum atomic E-state index is 0.196. The fourth-order valence-corrected chi connectivity index (χ4v) is 2.00. The summed E-state index contributed by atoms with van der Waals surface area (Å²) in [6.45, 7) is 6.39. The maximum atomic E-state index is 5.89. The van der Waals surface area contributed by atoms with Gasteiger partial charge in [-0.3, -0.25) is 0 Å². The number of benzene rings is 1. The summed E-state index contributed by atoms with van der Waals surface area (Å²) in [6.07, 6.45) is 3.80. The van der Waals surface area contributed by atoms with Crippen LogP contribution in [0.5, 0.6) is 0 Å². The molecule has 0 saturated carbocycles. The van der Waals surface area contributed by atoms with E-state index >= 15 is 0 Å². The van der Waals surface area contributed by atoms with Crippen molar-refractivity contribution in [2.45, 2.75) is 32.9 Å². The average molecular weight is 264 g/mol. The Morgan fingerprint density at radius 3 is 2.44 bits per heavy atom. The molecule has 0 aliphatic carbocycles. The van der Waals surface area contributed by atoms with Crippen molar-refractivity contribution in [3.8, 4) is 0 Å². The topological polar surface area (TPSA) is 29.9 Å². The number of anilines is 1. The summed E-state index contributed by atoms with van der Waals surface area (Å²) >= 11 is 5.89. The van der Waals surface area contributed by atoms with Gasteiger partial charge in [-0.1, -0.05) is 23.7 Å². The number of rotatable bonds is 4. The largest absolute Gasteiger partial charge is 0.349 e. The molecule has 0 aliphatic rings. The van der Waals surface area contributed by atoms with Gasteiger partial charge >= 0.3 is 0 Å². The van der Waals surface area contributed by atoms with Gasteiger partial charge in [-0.25, -0.2) is 4.98 Å². The highest BCUT2D eigenvalue weighted by atomic mass is 35.5. The Hall–Kier alpha value is -1.48. The summed E-state index contributed by atoms with van der Waals surface area (Å²) in [5, 5.41) is 4.18. The van der Waals surface area contributed by atoms with E-state index in [0.29, 0.717) is 6.04 Å². The van der Waals surface area contributed by atoms with Crippen LogP contribution in [0.3, 0.4) is 0 Å². The molecule has 0 radical (unpaired) electrons. The van der Waals surface area contributed by atoms with Gasteiger partial charge in [-0.2, -0.15) is 0 Å². The zero-order chi connectivity index (χ0) is 13.1. The zero-order valence-electron chi connectivity index (χ0n) is 10.9. The second kappa shape index (κ2) is 5.44. The maximum Gasteiger partial charge on any atom is 0.203 e. The van der Waals surface area contributed by atoms with E-state index in [9.17, 15) is 0 Å². The normalized spacial score (nSPS) is 12.7. The quantitative estimate of drug-likeness (QED) is 0.892. The lowest BCUT2D eigenvalue weighted by Crippen LogP contribution is -2.12. The number of hydrogen-bond acceptors (Lipinski definition) is 2. The predicted octanol–water partition coefficient (Wildman–Crippen LogP) is 4.29. The van der Waals surface area contributed by atoms with Crippen LogP contribution in [0.2, 0.25) is 5.02 Å². The standard InChI is InChI=1S/C14H18ClN3/c1-10(2)18-9-8-16-14(18)17-11(3)12-4-6-13(15)7-5-12/h4-11H,1-3H3,(H,16,17). The van der Waals surface area contributed by atoms with Crippen LogP contribution in [0.4, 0.5) is 5.95 Å². The predicted molar refractivity (Wildman–Crippen MR) is 76.1 cm³/mol. The molecule has 2 aromatic rings. The zero-order valence-corrected chi connectivity index (χ0v) is 11.6. The van der Waals surface area contributed by atoms with Crippen LogP contribution in [-0.4, -0.2) is 9.55 Å². The first-order chi connectivity index (χ1) is 8.58. The Morgan fingerprint density at radius 2 is 1.83 bits per heavy atom. The minimum absolute atomic E-state index is 0.196. The molecule has 1 aromatic heterocycles. The molecule has 18 heavy (non-hydrogen) atoms. The monoisotopic (exact) mass is 263 g/mol. The summed E-state index contributed by atoms with van der Waals surface area (Å²) in [5.74, 6) is 0.896. The van der Waals surface area contributed by atoms with Gasteiger partial charge in [0.25, 0.3) is 0 Å². The third-order valence-corrected chi connectivity index (χ3v) is 3.19. The maximum absolute atomic E-state index is 5.89. The summed E-state index contributed by atoms with van der Waals surface area (Å²) in [4.78, 5) is 4.35. The Labute approximate surface area is 113 Å². The van der Waals surface area contributed by atoms with Crippen LogP contribution in [0.15, 0.2) is 36.7 Å². The van der Waals surface area contributed by atoms with E-state index in [0.717, 1.165) is 11.0 Å². The van der Waals surface area contributed by atoms with Crippen molar-refractivity contribution in [3.63, 3.8) is 0 Å². The van der Waals surface area contributed by atoms with E-state index in [-0.39, 0.29) is 6.04 Å². The molecular weight excluding hydrogens is 246 g/mol. The first-order valence-electron chi connectivity index (χ1n) is 6.12. The van der Waals surface area contributed by atoms with Crippen molar-refractivity contribution in [1.82, 2.24) is 9.55 Å². The molecule has 0 bridgehead atoms. The molecule has 0 saturated heterocycles. The Morgan fingerprint density at radius 1 is 1.17 bits per heavy atom. The van der Waals surface area contributed by atoms with Crippen molar-refractivity contribution < 1.29 is 0 Å². The van der Waals surface area contributed by atoms with E-state index in [1.165, 1.54) is 5.56 Å². The smallest absolute Gasteiger partial charge is 0.203 e. The van der Waals surface area contributed by atoms with Crippen molar-refractivity contribution in [2.24, 2.45) is 0 Å². The lowest BCUT2D eigenvalue weighted by molar-refractivity contribution is 0.600. The molecule has 0 fully saturated rings. The van der Waals surface area contributed by atoms with Crippen LogP contribution in [0.1, 0.15) is 38.4 Å². The molecule has 96 valence electrons. The van der Waals surface area contributed by atoms with Crippen LogP contribution in [-0.2, 0) is 0 Å². The SMILES string of the molecule is CC(Nc1nccn1C(C)C)c1ccc(Cl)cc1. The van der Waals surface area contributed by atoms with E-state index in [2.05, 4.69) is 35.6 Å². The molecular formula is C14H18ClN3. The highest BCUT2D eigenvalue weighted by molar-refractivity contribution is 6.30. The van der Waals surface area contributed by atoms with E-state index in [4.69, 9.17) is 11.6 Å². The summed E-state index contributed by atoms with van der Waals surface area (Å²) in [5.41, 5.74) is 1.19. The van der Waals surface area contributed by atoms with Gasteiger partial charge in [0.05, 0.1) is 6.04 Å². The number of halogens is 1. The lowest BCUT2D eigenvalue weighted by atomic mass is 10.1. The van der Waals surface area contributed by atoms with Crippen molar-refractivity contribution in [1.29, 1.82) is 0 Å². The molecule has 1 N–H and O–H groups in total. The van der Waals surface area contributed by atoms with Crippen LogP contribution < -0.4 is 5.32 Å². The number of imidazole rings is 1. The third kappa shape index (κ3) is 2.85. The molecule has 1 aromatic carbocycles. The molecule has 1 unspecified atom stereocenters. The molecule has 2 rings (SSSR count). The fourth-order valence-electron chi connectivity index (χ4n) is 1.87. The van der Waals surface area contributed by atoms with Crippen molar-refractivity contribution >= 4 is 17.5 Å². The van der Waals surface area contributed by atoms with Gasteiger partial charge in [0.1, 0.15) is 0 Å². The van der Waals surface area contributed by atoms with Crippen LogP contribution >= 0.6 is 11.6 Å². The Balaban J connectivity index is 2.13. The van der Waals surface area contributed by atoms with Gasteiger partial charge in [-0.05, 0) is 38.5 Å². The first kappa shape index (κ1) is 13.0. The third-order valence-electron chi connectivity index (χ3n) is 2.94. The molecule has 1 heterocycles. The molecule has 0 amide bonds. The number of aromatic nitrogens is 2. The average Bonchev–Trinajstić information content (AvgIpc) is 2.78. The van der Waals surface area contributed by atoms with Gasteiger partial charge in [0.15, 0.2) is 0 Å². The van der Waals surface area contributed by atoms with Crippen molar-refractivity contribution in [2.75, 3.05) is 5.32 Å². The summed E-state index contributed by atoms with van der Waals surface area (Å²) in [6, 6.07) is 8.47. The fraction of sp³-hybridized carbons (Fsp3) is 0.357. The molecule has 0 spiro atoms. The van der Waals surface area contributed by atoms with Gasteiger partial charge in [0, 0.05) is 23.5 Å². The second-order valence-electron chi connectivity index (χ2n) is 4.67. The number of nitrogens with one attached hydrogen (secondary N) is 1.